The molecule has 6 heteroatoms. The summed E-state index contributed by atoms with van der Waals surface area (Å²) in [5.74, 6) is 0.904. The van der Waals surface area contributed by atoms with Crippen molar-refractivity contribution in [1.82, 2.24) is 19.4 Å². The van der Waals surface area contributed by atoms with E-state index < -0.39 is 0 Å². The van der Waals surface area contributed by atoms with Crippen LogP contribution in [0.2, 0.25) is 0 Å². The highest BCUT2D eigenvalue weighted by Gasteiger charge is 2.20. The van der Waals surface area contributed by atoms with Crippen LogP contribution in [0.25, 0.3) is 0 Å². The van der Waals surface area contributed by atoms with Gasteiger partial charge in [-0.1, -0.05) is 6.07 Å². The first-order chi connectivity index (χ1) is 11.1. The fourth-order valence-electron chi connectivity index (χ4n) is 2.97. The molecule has 2 aromatic heterocycles. The third kappa shape index (κ3) is 3.96. The second-order valence-electron chi connectivity index (χ2n) is 6.15. The average Bonchev–Trinajstić information content (AvgIpc) is 2.54. The molecule has 0 aliphatic carbocycles. The van der Waals surface area contributed by atoms with Gasteiger partial charge in [0.05, 0.1) is 0 Å². The van der Waals surface area contributed by atoms with Crippen molar-refractivity contribution in [1.29, 1.82) is 0 Å². The minimum Gasteiger partial charge on any atom is -0.367 e. The van der Waals surface area contributed by atoms with Crippen molar-refractivity contribution in [2.75, 3.05) is 18.4 Å². The molecule has 0 aromatic carbocycles. The Hall–Kier alpha value is -2.21. The summed E-state index contributed by atoms with van der Waals surface area (Å²) in [6.45, 7) is 4.83. The van der Waals surface area contributed by atoms with E-state index in [4.69, 9.17) is 0 Å². The van der Waals surface area contributed by atoms with E-state index in [1.54, 1.807) is 17.0 Å². The lowest BCUT2D eigenvalue weighted by atomic mass is 10.0. The van der Waals surface area contributed by atoms with Crippen LogP contribution in [0.3, 0.4) is 0 Å². The van der Waals surface area contributed by atoms with E-state index in [0.717, 1.165) is 49.7 Å². The summed E-state index contributed by atoms with van der Waals surface area (Å²) in [4.78, 5) is 22.5. The molecule has 0 radical (unpaired) electrons. The van der Waals surface area contributed by atoms with Crippen LogP contribution in [0.5, 0.6) is 0 Å². The maximum absolute atomic E-state index is 11.7. The number of hydrogen-bond donors (Lipinski definition) is 1. The van der Waals surface area contributed by atoms with Crippen LogP contribution < -0.4 is 10.9 Å². The number of nitrogens with one attached hydrogen (secondary N) is 1. The number of rotatable bonds is 4. The Kier molecular flexibility index (Phi) is 4.71. The van der Waals surface area contributed by atoms with Gasteiger partial charge in [-0.05, 0) is 25.8 Å². The Bertz CT molecular complexity index is 719. The largest absolute Gasteiger partial charge is 0.367 e. The molecule has 1 saturated heterocycles. The molecule has 1 aliphatic heterocycles. The van der Waals surface area contributed by atoms with Crippen LogP contribution >= 0.6 is 0 Å². The maximum Gasteiger partial charge on any atom is 0.250 e. The molecular formula is C17H23N5O. The second-order valence-corrected chi connectivity index (χ2v) is 6.15. The Balaban J connectivity index is 1.54. The van der Waals surface area contributed by atoms with Gasteiger partial charge < -0.3 is 9.88 Å². The van der Waals surface area contributed by atoms with E-state index in [-0.39, 0.29) is 5.56 Å². The van der Waals surface area contributed by atoms with Gasteiger partial charge in [0.1, 0.15) is 12.1 Å². The molecular weight excluding hydrogens is 290 g/mol. The van der Waals surface area contributed by atoms with Crippen LogP contribution in [-0.2, 0) is 13.6 Å². The van der Waals surface area contributed by atoms with Crippen LogP contribution in [0, 0.1) is 6.92 Å². The molecule has 0 bridgehead atoms. The van der Waals surface area contributed by atoms with Crippen molar-refractivity contribution in [3.63, 3.8) is 0 Å². The normalized spacial score (nSPS) is 16.4. The standard InChI is InChI=1S/C17H23N5O/c1-13-10-16(19-12-18-13)20-14-6-8-22(9-7-14)11-15-4-3-5-17(23)21(15)2/h3-5,10,12,14H,6-9,11H2,1-2H3,(H,18,19,20). The fraction of sp³-hybridized carbons (Fsp3) is 0.471. The molecule has 23 heavy (non-hydrogen) atoms. The molecule has 3 heterocycles. The van der Waals surface area contributed by atoms with E-state index in [0.29, 0.717) is 6.04 Å². The van der Waals surface area contributed by atoms with Crippen LogP contribution in [0.15, 0.2) is 35.4 Å². The van der Waals surface area contributed by atoms with E-state index >= 15 is 0 Å². The molecule has 3 rings (SSSR count). The lowest BCUT2D eigenvalue weighted by Gasteiger charge is -2.32. The summed E-state index contributed by atoms with van der Waals surface area (Å²) >= 11 is 0. The van der Waals surface area contributed by atoms with Gasteiger partial charge >= 0.3 is 0 Å². The molecule has 0 atom stereocenters. The molecule has 1 fully saturated rings. The number of aryl methyl sites for hydroxylation is 1. The zero-order chi connectivity index (χ0) is 16.2. The average molecular weight is 313 g/mol. The van der Waals surface area contributed by atoms with E-state index in [9.17, 15) is 4.79 Å². The molecule has 1 aliphatic rings. The molecule has 0 saturated carbocycles. The molecule has 1 N–H and O–H groups in total. The van der Waals surface area contributed by atoms with Gasteiger partial charge in [0, 0.05) is 56.2 Å². The van der Waals surface area contributed by atoms with Crippen molar-refractivity contribution in [2.45, 2.75) is 32.4 Å². The number of hydrogen-bond acceptors (Lipinski definition) is 5. The first-order valence-corrected chi connectivity index (χ1v) is 8.04. The number of anilines is 1. The fourth-order valence-corrected chi connectivity index (χ4v) is 2.97. The van der Waals surface area contributed by atoms with Crippen molar-refractivity contribution >= 4 is 5.82 Å². The maximum atomic E-state index is 11.7. The number of nitrogens with zero attached hydrogens (tertiary/aromatic N) is 4. The smallest absolute Gasteiger partial charge is 0.250 e. The number of piperidine rings is 1. The number of likely N-dealkylation sites (tertiary alicyclic amines) is 1. The molecule has 2 aromatic rings. The van der Waals surface area contributed by atoms with E-state index in [1.165, 1.54) is 0 Å². The highest BCUT2D eigenvalue weighted by atomic mass is 16.1. The number of pyridine rings is 1. The SMILES string of the molecule is Cc1cc(NC2CCN(Cc3cccc(=O)n3C)CC2)ncn1. The van der Waals surface area contributed by atoms with Gasteiger partial charge in [-0.15, -0.1) is 0 Å². The molecule has 122 valence electrons. The number of aromatic nitrogens is 3. The first-order valence-electron chi connectivity index (χ1n) is 8.04. The Morgan fingerprint density at radius 3 is 2.78 bits per heavy atom. The highest BCUT2D eigenvalue weighted by Crippen LogP contribution is 2.16. The summed E-state index contributed by atoms with van der Waals surface area (Å²) in [6, 6.07) is 7.88. The molecule has 6 nitrogen and oxygen atoms in total. The van der Waals surface area contributed by atoms with Gasteiger partial charge in [-0.2, -0.15) is 0 Å². The Labute approximate surface area is 136 Å². The zero-order valence-corrected chi connectivity index (χ0v) is 13.7. The molecule has 0 spiro atoms. The highest BCUT2D eigenvalue weighted by molar-refractivity contribution is 5.35. The van der Waals surface area contributed by atoms with Crippen molar-refractivity contribution in [3.05, 3.63) is 52.3 Å². The Morgan fingerprint density at radius 1 is 1.26 bits per heavy atom. The minimum atomic E-state index is 0.0539. The van der Waals surface area contributed by atoms with E-state index in [1.807, 2.05) is 32.2 Å². The summed E-state index contributed by atoms with van der Waals surface area (Å²) in [5, 5.41) is 3.49. The summed E-state index contributed by atoms with van der Waals surface area (Å²) in [7, 11) is 1.84. The van der Waals surface area contributed by atoms with Gasteiger partial charge in [0.2, 0.25) is 5.56 Å². The molecule has 0 amide bonds. The predicted molar refractivity (Wildman–Crippen MR) is 90.4 cm³/mol. The lowest BCUT2D eigenvalue weighted by molar-refractivity contribution is 0.206. The van der Waals surface area contributed by atoms with Gasteiger partial charge in [-0.25, -0.2) is 9.97 Å². The monoisotopic (exact) mass is 313 g/mol. The van der Waals surface area contributed by atoms with Crippen molar-refractivity contribution in [2.24, 2.45) is 7.05 Å². The van der Waals surface area contributed by atoms with Crippen LogP contribution in [0.1, 0.15) is 24.2 Å². The van der Waals surface area contributed by atoms with Crippen LogP contribution in [0.4, 0.5) is 5.82 Å². The summed E-state index contributed by atoms with van der Waals surface area (Å²) in [5.41, 5.74) is 2.10. The van der Waals surface area contributed by atoms with Gasteiger partial charge in [0.15, 0.2) is 0 Å². The third-order valence-electron chi connectivity index (χ3n) is 4.42. The second kappa shape index (κ2) is 6.91. The Morgan fingerprint density at radius 2 is 2.04 bits per heavy atom. The van der Waals surface area contributed by atoms with Crippen molar-refractivity contribution < 1.29 is 0 Å². The van der Waals surface area contributed by atoms with Crippen molar-refractivity contribution in [3.8, 4) is 0 Å². The summed E-state index contributed by atoms with van der Waals surface area (Å²) in [6.07, 6.45) is 3.75. The first kappa shape index (κ1) is 15.7. The minimum absolute atomic E-state index is 0.0539. The van der Waals surface area contributed by atoms with E-state index in [2.05, 4.69) is 20.2 Å². The quantitative estimate of drug-likeness (QED) is 0.928. The van der Waals surface area contributed by atoms with Crippen LogP contribution in [-0.4, -0.2) is 38.6 Å². The summed E-state index contributed by atoms with van der Waals surface area (Å²) < 4.78 is 1.73. The zero-order valence-electron chi connectivity index (χ0n) is 13.7. The van der Waals surface area contributed by atoms with Gasteiger partial charge in [-0.3, -0.25) is 9.69 Å². The van der Waals surface area contributed by atoms with Gasteiger partial charge in [0.25, 0.3) is 0 Å². The lowest BCUT2D eigenvalue weighted by Crippen LogP contribution is -2.39. The predicted octanol–water partition coefficient (Wildman–Crippen LogP) is 1.56. The topological polar surface area (TPSA) is 63.1 Å². The molecule has 0 unspecified atom stereocenters. The third-order valence-corrected chi connectivity index (χ3v) is 4.42.